The summed E-state index contributed by atoms with van der Waals surface area (Å²) in [5, 5.41) is 9.71. The first-order chi connectivity index (χ1) is 10.0. The van der Waals surface area contributed by atoms with Gasteiger partial charge >= 0.3 is 0 Å². The predicted molar refractivity (Wildman–Crippen MR) is 80.0 cm³/mol. The third-order valence-corrected chi connectivity index (χ3v) is 3.13. The zero-order valence-corrected chi connectivity index (χ0v) is 12.4. The highest BCUT2D eigenvalue weighted by Gasteiger charge is 2.13. The van der Waals surface area contributed by atoms with Gasteiger partial charge in [0.15, 0.2) is 5.82 Å². The van der Waals surface area contributed by atoms with Gasteiger partial charge in [-0.3, -0.25) is 4.79 Å². The Kier molecular flexibility index (Phi) is 4.70. The minimum atomic E-state index is -0.433. The fourth-order valence-corrected chi connectivity index (χ4v) is 1.98. The molecule has 2 aromatic rings. The van der Waals surface area contributed by atoms with Crippen LogP contribution in [0, 0.1) is 18.7 Å². The Bertz CT molecular complexity index is 638. The molecule has 1 heterocycles. The van der Waals surface area contributed by atoms with Crippen molar-refractivity contribution in [2.24, 2.45) is 5.92 Å². The van der Waals surface area contributed by atoms with Crippen molar-refractivity contribution >= 4 is 11.6 Å². The molecular weight excluding hydrogens is 271 g/mol. The molecule has 0 aliphatic carbocycles. The fraction of sp³-hybridized carbons (Fsp3) is 0.333. The first-order valence-electron chi connectivity index (χ1n) is 6.78. The van der Waals surface area contributed by atoms with E-state index in [1.54, 1.807) is 31.6 Å². The van der Waals surface area contributed by atoms with E-state index in [0.717, 1.165) is 5.56 Å². The van der Waals surface area contributed by atoms with E-state index in [1.807, 2.05) is 13.8 Å². The third kappa shape index (κ3) is 3.66. The molecule has 1 atom stereocenters. The maximum Gasteiger partial charge on any atom is 0.228 e. The van der Waals surface area contributed by atoms with E-state index in [0.29, 0.717) is 17.9 Å². The minimum absolute atomic E-state index is 0.147. The van der Waals surface area contributed by atoms with E-state index in [1.165, 1.54) is 10.7 Å². The molecule has 0 radical (unpaired) electrons. The standard InChI is InChI=1S/C15H19FN4O/c1-10-7-18-20(9-10)14-5-4-12(6-13(14)16)19-15(21)11(2)8-17-3/h4-7,9,11,17H,8H2,1-3H3,(H,19,21). The molecule has 0 aliphatic heterocycles. The molecular formula is C15H19FN4O. The molecule has 0 bridgehead atoms. The summed E-state index contributed by atoms with van der Waals surface area (Å²) in [6.45, 7) is 4.27. The summed E-state index contributed by atoms with van der Waals surface area (Å²) in [6.07, 6.45) is 3.40. The van der Waals surface area contributed by atoms with Gasteiger partial charge in [-0.15, -0.1) is 0 Å². The normalized spacial score (nSPS) is 12.2. The van der Waals surface area contributed by atoms with E-state index in [4.69, 9.17) is 0 Å². The number of anilines is 1. The topological polar surface area (TPSA) is 59.0 Å². The van der Waals surface area contributed by atoms with Crippen molar-refractivity contribution in [2.75, 3.05) is 18.9 Å². The lowest BCUT2D eigenvalue weighted by molar-refractivity contribution is -0.119. The highest BCUT2D eigenvalue weighted by molar-refractivity contribution is 5.92. The first kappa shape index (κ1) is 15.2. The molecule has 0 saturated carbocycles. The van der Waals surface area contributed by atoms with Gasteiger partial charge in [0.1, 0.15) is 5.69 Å². The molecule has 5 nitrogen and oxygen atoms in total. The van der Waals surface area contributed by atoms with Crippen molar-refractivity contribution in [1.29, 1.82) is 0 Å². The second-order valence-electron chi connectivity index (χ2n) is 5.08. The van der Waals surface area contributed by atoms with Gasteiger partial charge in [-0.25, -0.2) is 9.07 Å². The van der Waals surface area contributed by atoms with Crippen LogP contribution in [0.25, 0.3) is 5.69 Å². The van der Waals surface area contributed by atoms with Crippen LogP contribution in [0.5, 0.6) is 0 Å². The second kappa shape index (κ2) is 6.49. The number of halogens is 1. The second-order valence-corrected chi connectivity index (χ2v) is 5.08. The zero-order chi connectivity index (χ0) is 15.4. The van der Waals surface area contributed by atoms with Gasteiger partial charge in [0.2, 0.25) is 5.91 Å². The Hall–Kier alpha value is -2.21. The molecule has 21 heavy (non-hydrogen) atoms. The molecule has 112 valence electrons. The van der Waals surface area contributed by atoms with E-state index in [9.17, 15) is 9.18 Å². The summed E-state index contributed by atoms with van der Waals surface area (Å²) in [5.41, 5.74) is 1.74. The van der Waals surface area contributed by atoms with Crippen LogP contribution in [0.3, 0.4) is 0 Å². The number of nitrogens with zero attached hydrogens (tertiary/aromatic N) is 2. The van der Waals surface area contributed by atoms with Crippen LogP contribution in [0.15, 0.2) is 30.6 Å². The molecule has 2 N–H and O–H groups in total. The molecule has 6 heteroatoms. The lowest BCUT2D eigenvalue weighted by atomic mass is 10.1. The highest BCUT2D eigenvalue weighted by atomic mass is 19.1. The Morgan fingerprint density at radius 3 is 2.81 bits per heavy atom. The summed E-state index contributed by atoms with van der Waals surface area (Å²) in [5.74, 6) is -0.768. The number of nitrogens with one attached hydrogen (secondary N) is 2. The quantitative estimate of drug-likeness (QED) is 0.886. The molecule has 0 aliphatic rings. The number of rotatable bonds is 5. The van der Waals surface area contributed by atoms with E-state index < -0.39 is 5.82 Å². The van der Waals surface area contributed by atoms with Crippen LogP contribution in [0.4, 0.5) is 10.1 Å². The summed E-state index contributed by atoms with van der Waals surface area (Å²) in [6, 6.07) is 4.57. The van der Waals surface area contributed by atoms with Gasteiger partial charge < -0.3 is 10.6 Å². The van der Waals surface area contributed by atoms with Crippen molar-refractivity contribution in [3.63, 3.8) is 0 Å². The lowest BCUT2D eigenvalue weighted by Gasteiger charge is -2.12. The summed E-state index contributed by atoms with van der Waals surface area (Å²) >= 11 is 0. The monoisotopic (exact) mass is 290 g/mol. The molecule has 0 saturated heterocycles. The van der Waals surface area contributed by atoms with Crippen LogP contribution in [-0.2, 0) is 4.79 Å². The Morgan fingerprint density at radius 2 is 2.24 bits per heavy atom. The van der Waals surface area contributed by atoms with Gasteiger partial charge in [-0.05, 0) is 37.7 Å². The number of aromatic nitrogens is 2. The maximum absolute atomic E-state index is 14.1. The van der Waals surface area contributed by atoms with Crippen molar-refractivity contribution in [2.45, 2.75) is 13.8 Å². The highest BCUT2D eigenvalue weighted by Crippen LogP contribution is 2.18. The Balaban J connectivity index is 2.14. The number of amides is 1. The summed E-state index contributed by atoms with van der Waals surface area (Å²) in [4.78, 5) is 11.9. The number of hydrogen-bond donors (Lipinski definition) is 2. The number of carbonyl (C=O) groups excluding carboxylic acids is 1. The average Bonchev–Trinajstić information content (AvgIpc) is 2.85. The smallest absolute Gasteiger partial charge is 0.228 e. The van der Waals surface area contributed by atoms with Gasteiger partial charge in [-0.2, -0.15) is 5.10 Å². The van der Waals surface area contributed by atoms with Gasteiger partial charge in [0.25, 0.3) is 0 Å². The van der Waals surface area contributed by atoms with Crippen molar-refractivity contribution in [1.82, 2.24) is 15.1 Å². The molecule has 1 amide bonds. The van der Waals surface area contributed by atoms with Gasteiger partial charge in [-0.1, -0.05) is 6.92 Å². The number of aryl methyl sites for hydroxylation is 1. The Morgan fingerprint density at radius 1 is 1.48 bits per heavy atom. The lowest BCUT2D eigenvalue weighted by Crippen LogP contribution is -2.28. The van der Waals surface area contributed by atoms with Crippen molar-refractivity contribution in [3.8, 4) is 5.69 Å². The largest absolute Gasteiger partial charge is 0.326 e. The molecule has 1 aromatic carbocycles. The van der Waals surface area contributed by atoms with Crippen LogP contribution >= 0.6 is 0 Å². The molecule has 2 rings (SSSR count). The van der Waals surface area contributed by atoms with E-state index in [2.05, 4.69) is 15.7 Å². The van der Waals surface area contributed by atoms with Gasteiger partial charge in [0, 0.05) is 24.3 Å². The molecule has 1 unspecified atom stereocenters. The molecule has 1 aromatic heterocycles. The average molecular weight is 290 g/mol. The number of hydrogen-bond acceptors (Lipinski definition) is 3. The first-order valence-corrected chi connectivity index (χ1v) is 6.78. The molecule has 0 fully saturated rings. The maximum atomic E-state index is 14.1. The zero-order valence-electron chi connectivity index (χ0n) is 12.4. The number of benzene rings is 1. The van der Waals surface area contributed by atoms with Crippen LogP contribution < -0.4 is 10.6 Å². The third-order valence-electron chi connectivity index (χ3n) is 3.13. The SMILES string of the molecule is CNCC(C)C(=O)Nc1ccc(-n2cc(C)cn2)c(F)c1. The van der Waals surface area contributed by atoms with Gasteiger partial charge in [0.05, 0.1) is 6.20 Å². The van der Waals surface area contributed by atoms with Crippen molar-refractivity contribution < 1.29 is 9.18 Å². The van der Waals surface area contributed by atoms with Crippen LogP contribution in [0.1, 0.15) is 12.5 Å². The molecule has 0 spiro atoms. The predicted octanol–water partition coefficient (Wildman–Crippen LogP) is 2.11. The fourth-order valence-electron chi connectivity index (χ4n) is 1.98. The van der Waals surface area contributed by atoms with Crippen LogP contribution in [-0.4, -0.2) is 29.3 Å². The van der Waals surface area contributed by atoms with Crippen LogP contribution in [0.2, 0.25) is 0 Å². The van der Waals surface area contributed by atoms with E-state index >= 15 is 0 Å². The minimum Gasteiger partial charge on any atom is -0.326 e. The van der Waals surface area contributed by atoms with Crippen molar-refractivity contribution in [3.05, 3.63) is 42.0 Å². The number of carbonyl (C=O) groups is 1. The summed E-state index contributed by atoms with van der Waals surface area (Å²) < 4.78 is 15.6. The van der Waals surface area contributed by atoms with E-state index in [-0.39, 0.29) is 11.8 Å². The summed E-state index contributed by atoms with van der Waals surface area (Å²) in [7, 11) is 1.78. The Labute approximate surface area is 123 Å².